The van der Waals surface area contributed by atoms with Crippen LogP contribution in [0, 0.1) is 0 Å². The average Bonchev–Trinajstić information content (AvgIpc) is 3.38. The number of aromatic nitrogens is 1. The monoisotopic (exact) mass is 456 g/mol. The van der Waals surface area contributed by atoms with Gasteiger partial charge in [-0.05, 0) is 12.8 Å². The van der Waals surface area contributed by atoms with Gasteiger partial charge in [0.05, 0.1) is 31.7 Å². The molecule has 172 valence electrons. The van der Waals surface area contributed by atoms with Crippen LogP contribution in [0.1, 0.15) is 32.1 Å². The Balaban J connectivity index is 1.16. The van der Waals surface area contributed by atoms with Gasteiger partial charge in [-0.2, -0.15) is 11.8 Å². The van der Waals surface area contributed by atoms with Gasteiger partial charge in [0.2, 0.25) is 17.7 Å². The number of fused-ring (bicyclic) bond motifs is 1. The van der Waals surface area contributed by atoms with Crippen molar-refractivity contribution in [2.24, 2.45) is 0 Å². The highest BCUT2D eigenvalue weighted by Gasteiger charge is 2.42. The van der Waals surface area contributed by atoms with Crippen LogP contribution in [-0.4, -0.2) is 75.7 Å². The maximum Gasteiger partial charge on any atom is 0.335 e. The van der Waals surface area contributed by atoms with Gasteiger partial charge in [0.25, 0.3) is 0 Å². The number of aromatic hydroxyl groups is 2. The molecule has 2 aliphatic heterocycles. The smallest absolute Gasteiger partial charge is 0.335 e. The molecule has 11 nitrogen and oxygen atoms in total. The SMILES string of the molecule is O=C(CCCC[C@@H]1SC[C@@H]2NC(=O)N[C@@H]21)NCCOCCC(=O)On1c(O)ccc1O. The molecule has 0 aromatic carbocycles. The number of carbonyl (C=O) groups excluding carboxylic acids is 3. The molecule has 3 heterocycles. The standard InChI is InChI=1S/C19H28N4O7S/c24-14(4-2-1-3-13-18-12(11-31-13)21-19(28)22-18)20-8-10-29-9-7-17(27)30-23-15(25)5-6-16(23)26/h5-6,12-13,18,25-26H,1-4,7-11H2,(H,20,24)(H2,21,22,28)/t12-,13-,18-/m0/s1. The predicted octanol–water partition coefficient (Wildman–Crippen LogP) is 0.103. The van der Waals surface area contributed by atoms with Crippen molar-refractivity contribution in [1.29, 1.82) is 0 Å². The number of amides is 3. The van der Waals surface area contributed by atoms with Crippen molar-refractivity contribution in [2.45, 2.75) is 49.4 Å². The Hall–Kier alpha value is -2.60. The maximum absolute atomic E-state index is 11.9. The topological polar surface area (TPSA) is 151 Å². The van der Waals surface area contributed by atoms with Gasteiger partial charge in [-0.3, -0.25) is 4.79 Å². The molecule has 2 fully saturated rings. The molecule has 0 spiro atoms. The van der Waals surface area contributed by atoms with Gasteiger partial charge >= 0.3 is 12.0 Å². The number of nitrogens with zero attached hydrogens (tertiary/aromatic N) is 1. The zero-order valence-corrected chi connectivity index (χ0v) is 17.9. The fourth-order valence-electron chi connectivity index (χ4n) is 3.53. The third-order valence-electron chi connectivity index (χ3n) is 5.09. The maximum atomic E-state index is 11.9. The zero-order chi connectivity index (χ0) is 22.2. The summed E-state index contributed by atoms with van der Waals surface area (Å²) in [5.41, 5.74) is 0. The van der Waals surface area contributed by atoms with Crippen LogP contribution >= 0.6 is 11.8 Å². The van der Waals surface area contributed by atoms with E-state index in [-0.39, 0.29) is 55.4 Å². The molecule has 0 saturated carbocycles. The number of carbonyl (C=O) groups is 3. The number of ether oxygens (including phenoxy) is 1. The first-order valence-corrected chi connectivity index (χ1v) is 11.3. The molecular formula is C19H28N4O7S. The van der Waals surface area contributed by atoms with Crippen LogP contribution in [0.15, 0.2) is 12.1 Å². The minimum Gasteiger partial charge on any atom is -0.492 e. The van der Waals surface area contributed by atoms with Crippen molar-refractivity contribution in [1.82, 2.24) is 20.7 Å². The Labute approximate surface area is 183 Å². The highest BCUT2D eigenvalue weighted by Crippen LogP contribution is 2.33. The van der Waals surface area contributed by atoms with E-state index in [0.717, 1.165) is 25.0 Å². The summed E-state index contributed by atoms with van der Waals surface area (Å²) in [5.74, 6) is -0.560. The molecule has 0 radical (unpaired) electrons. The first-order valence-electron chi connectivity index (χ1n) is 10.3. The third-order valence-corrected chi connectivity index (χ3v) is 6.60. The van der Waals surface area contributed by atoms with Crippen molar-refractivity contribution >= 4 is 29.7 Å². The Morgan fingerprint density at radius 3 is 2.71 bits per heavy atom. The van der Waals surface area contributed by atoms with Gasteiger partial charge in [-0.1, -0.05) is 6.42 Å². The number of hydrogen-bond donors (Lipinski definition) is 5. The quantitative estimate of drug-likeness (QED) is 0.219. The summed E-state index contributed by atoms with van der Waals surface area (Å²) in [7, 11) is 0. The van der Waals surface area contributed by atoms with E-state index in [4.69, 9.17) is 9.57 Å². The number of nitrogens with one attached hydrogen (secondary N) is 3. The van der Waals surface area contributed by atoms with E-state index >= 15 is 0 Å². The van der Waals surface area contributed by atoms with Crippen molar-refractivity contribution in [3.63, 3.8) is 0 Å². The number of hydrogen-bond acceptors (Lipinski definition) is 8. The molecule has 5 N–H and O–H groups in total. The van der Waals surface area contributed by atoms with Crippen LogP contribution in [0.25, 0.3) is 0 Å². The van der Waals surface area contributed by atoms with E-state index in [1.54, 1.807) is 0 Å². The molecule has 3 amide bonds. The average molecular weight is 457 g/mol. The van der Waals surface area contributed by atoms with Crippen LogP contribution in [0.4, 0.5) is 4.79 Å². The second-order valence-electron chi connectivity index (χ2n) is 7.39. The summed E-state index contributed by atoms with van der Waals surface area (Å²) in [4.78, 5) is 39.7. The van der Waals surface area contributed by atoms with E-state index in [0.29, 0.717) is 22.9 Å². The second-order valence-corrected chi connectivity index (χ2v) is 8.66. The molecule has 3 atom stereocenters. The van der Waals surface area contributed by atoms with Crippen LogP contribution in [-0.2, 0) is 14.3 Å². The Morgan fingerprint density at radius 1 is 1.16 bits per heavy atom. The fourth-order valence-corrected chi connectivity index (χ4v) is 5.07. The van der Waals surface area contributed by atoms with E-state index in [9.17, 15) is 24.6 Å². The minimum absolute atomic E-state index is 0.0469. The molecule has 1 aromatic heterocycles. The molecule has 0 bridgehead atoms. The van der Waals surface area contributed by atoms with Gasteiger partial charge in [0.1, 0.15) is 0 Å². The van der Waals surface area contributed by atoms with Crippen molar-refractivity contribution in [3.8, 4) is 11.8 Å². The van der Waals surface area contributed by atoms with Gasteiger partial charge in [-0.25, -0.2) is 9.59 Å². The second kappa shape index (κ2) is 11.1. The summed E-state index contributed by atoms with van der Waals surface area (Å²) < 4.78 is 5.90. The number of unbranched alkanes of at least 4 members (excludes halogenated alkanes) is 1. The Bertz CT molecular complexity index is 768. The first-order chi connectivity index (χ1) is 14.9. The van der Waals surface area contributed by atoms with Gasteiger partial charge in [-0.15, -0.1) is 4.73 Å². The fraction of sp³-hybridized carbons (Fsp3) is 0.632. The molecule has 0 unspecified atom stereocenters. The molecule has 12 heteroatoms. The molecule has 0 aliphatic carbocycles. The summed E-state index contributed by atoms with van der Waals surface area (Å²) in [5, 5.41) is 27.8. The van der Waals surface area contributed by atoms with E-state index in [1.165, 1.54) is 12.1 Å². The predicted molar refractivity (Wildman–Crippen MR) is 112 cm³/mol. The lowest BCUT2D eigenvalue weighted by Crippen LogP contribution is -2.36. The molecule has 31 heavy (non-hydrogen) atoms. The molecule has 2 saturated heterocycles. The lowest BCUT2D eigenvalue weighted by Gasteiger charge is -2.16. The molecule has 2 aliphatic rings. The number of thioether (sulfide) groups is 1. The lowest BCUT2D eigenvalue weighted by molar-refractivity contribution is -0.146. The summed E-state index contributed by atoms with van der Waals surface area (Å²) in [6, 6.07) is 2.72. The van der Waals surface area contributed by atoms with Crippen molar-refractivity contribution in [2.75, 3.05) is 25.5 Å². The number of urea groups is 1. The summed E-state index contributed by atoms with van der Waals surface area (Å²) in [6.45, 7) is 0.685. The summed E-state index contributed by atoms with van der Waals surface area (Å²) >= 11 is 1.87. The first kappa shape index (κ1) is 23.1. The normalized spacial score (nSPS) is 21.9. The van der Waals surface area contributed by atoms with E-state index < -0.39 is 5.97 Å². The minimum atomic E-state index is -0.675. The van der Waals surface area contributed by atoms with Crippen molar-refractivity contribution < 1.29 is 34.2 Å². The Morgan fingerprint density at radius 2 is 1.94 bits per heavy atom. The highest BCUT2D eigenvalue weighted by molar-refractivity contribution is 8.00. The van der Waals surface area contributed by atoms with Gasteiger partial charge < -0.3 is 35.7 Å². The van der Waals surface area contributed by atoms with Gasteiger partial charge in [0, 0.05) is 36.1 Å². The summed E-state index contributed by atoms with van der Waals surface area (Å²) in [6.07, 6.45) is 3.05. The third kappa shape index (κ3) is 6.69. The van der Waals surface area contributed by atoms with Crippen LogP contribution < -0.4 is 20.8 Å². The van der Waals surface area contributed by atoms with Crippen LogP contribution in [0.3, 0.4) is 0 Å². The molecule has 1 aromatic rings. The van der Waals surface area contributed by atoms with E-state index in [2.05, 4.69) is 16.0 Å². The van der Waals surface area contributed by atoms with Crippen LogP contribution in [0.5, 0.6) is 11.8 Å². The van der Waals surface area contributed by atoms with Gasteiger partial charge in [0.15, 0.2) is 0 Å². The van der Waals surface area contributed by atoms with Crippen LogP contribution in [0.2, 0.25) is 0 Å². The molecule has 3 rings (SSSR count). The Kier molecular flexibility index (Phi) is 8.29. The van der Waals surface area contributed by atoms with E-state index in [1.807, 2.05) is 11.8 Å². The largest absolute Gasteiger partial charge is 0.492 e. The number of rotatable bonds is 12. The van der Waals surface area contributed by atoms with Crippen molar-refractivity contribution in [3.05, 3.63) is 12.1 Å². The molecular weight excluding hydrogens is 428 g/mol. The highest BCUT2D eigenvalue weighted by atomic mass is 32.2. The lowest BCUT2D eigenvalue weighted by atomic mass is 10.0. The zero-order valence-electron chi connectivity index (χ0n) is 17.0.